The molecule has 2 aromatic carbocycles. The predicted octanol–water partition coefficient (Wildman–Crippen LogP) is 4.70. The zero-order chi connectivity index (χ0) is 21.3. The van der Waals surface area contributed by atoms with Crippen LogP contribution in [0.25, 0.3) is 11.1 Å². The maximum absolute atomic E-state index is 11.5. The summed E-state index contributed by atoms with van der Waals surface area (Å²) in [5.74, 6) is -0.949. The fourth-order valence-corrected chi connectivity index (χ4v) is 4.46. The van der Waals surface area contributed by atoms with E-state index in [1.807, 2.05) is 0 Å². The lowest BCUT2D eigenvalue weighted by molar-refractivity contribution is 0.0697. The van der Waals surface area contributed by atoms with Gasteiger partial charge in [-0.1, -0.05) is 36.4 Å². The molecule has 0 saturated heterocycles. The van der Waals surface area contributed by atoms with E-state index in [1.54, 1.807) is 6.20 Å². The number of aromatic carboxylic acids is 1. The molecular weight excluding hydrogens is 374 g/mol. The van der Waals surface area contributed by atoms with Crippen LogP contribution in [0.15, 0.2) is 54.9 Å². The van der Waals surface area contributed by atoms with Crippen LogP contribution >= 0.6 is 0 Å². The first-order valence-electron chi connectivity index (χ1n) is 10.3. The van der Waals surface area contributed by atoms with Gasteiger partial charge in [-0.05, 0) is 66.8 Å². The van der Waals surface area contributed by atoms with E-state index < -0.39 is 5.97 Å². The van der Waals surface area contributed by atoms with E-state index in [9.17, 15) is 9.90 Å². The van der Waals surface area contributed by atoms with Crippen molar-refractivity contribution in [2.75, 3.05) is 25.5 Å². The van der Waals surface area contributed by atoms with Gasteiger partial charge in [0.15, 0.2) is 0 Å². The van der Waals surface area contributed by atoms with Crippen molar-refractivity contribution in [2.45, 2.75) is 26.3 Å². The summed E-state index contributed by atoms with van der Waals surface area (Å²) in [6.45, 7) is 5.92. The molecule has 0 radical (unpaired) electrons. The Labute approximate surface area is 177 Å². The second-order valence-corrected chi connectivity index (χ2v) is 8.03. The van der Waals surface area contributed by atoms with E-state index in [2.05, 4.69) is 72.5 Å². The average Bonchev–Trinajstić information content (AvgIpc) is 2.73. The number of aromatic nitrogens is 1. The van der Waals surface area contributed by atoms with E-state index in [0.29, 0.717) is 12.2 Å². The van der Waals surface area contributed by atoms with Crippen molar-refractivity contribution in [3.63, 3.8) is 0 Å². The number of anilines is 1. The third kappa shape index (κ3) is 3.81. The number of pyridine rings is 1. The molecule has 0 bridgehead atoms. The minimum Gasteiger partial charge on any atom is -0.478 e. The van der Waals surface area contributed by atoms with Gasteiger partial charge in [-0.25, -0.2) is 4.79 Å². The molecular formula is C25H27N3O2. The Kier molecular flexibility index (Phi) is 5.55. The van der Waals surface area contributed by atoms with Crippen molar-refractivity contribution in [3.8, 4) is 11.1 Å². The summed E-state index contributed by atoms with van der Waals surface area (Å²) in [5.41, 5.74) is 8.62. The first kappa shape index (κ1) is 20.1. The normalized spacial score (nSPS) is 16.2. The Balaban J connectivity index is 1.63. The van der Waals surface area contributed by atoms with Gasteiger partial charge in [0.25, 0.3) is 0 Å². The number of nitrogens with zero attached hydrogens (tertiary/aromatic N) is 2. The molecule has 154 valence electrons. The van der Waals surface area contributed by atoms with Gasteiger partial charge in [0.05, 0.1) is 23.5 Å². The zero-order valence-electron chi connectivity index (χ0n) is 17.6. The summed E-state index contributed by atoms with van der Waals surface area (Å²) < 4.78 is 0. The summed E-state index contributed by atoms with van der Waals surface area (Å²) in [5, 5.41) is 12.7. The summed E-state index contributed by atoms with van der Waals surface area (Å²) in [4.78, 5) is 17.9. The van der Waals surface area contributed by atoms with Crippen LogP contribution in [0.4, 0.5) is 5.69 Å². The van der Waals surface area contributed by atoms with Crippen molar-refractivity contribution in [1.82, 2.24) is 9.88 Å². The Hall–Kier alpha value is -3.18. The second-order valence-electron chi connectivity index (χ2n) is 8.03. The first-order valence-corrected chi connectivity index (χ1v) is 10.3. The zero-order valence-corrected chi connectivity index (χ0v) is 17.6. The lowest BCUT2D eigenvalue weighted by Gasteiger charge is -2.35. The number of carboxylic acids is 1. The fraction of sp³-hybridized carbons (Fsp3) is 0.280. The maximum atomic E-state index is 11.5. The van der Waals surface area contributed by atoms with Crippen LogP contribution in [-0.4, -0.2) is 41.1 Å². The number of carbonyl (C=O) groups is 1. The van der Waals surface area contributed by atoms with E-state index >= 15 is 0 Å². The molecule has 5 nitrogen and oxygen atoms in total. The van der Waals surface area contributed by atoms with E-state index in [0.717, 1.165) is 13.0 Å². The molecule has 1 aliphatic rings. The molecule has 0 spiro atoms. The summed E-state index contributed by atoms with van der Waals surface area (Å²) in [7, 11) is 2.12. The lowest BCUT2D eigenvalue weighted by atomic mass is 9.88. The third-order valence-corrected chi connectivity index (χ3v) is 6.08. The number of likely N-dealkylation sites (N-methyl/N-ethyl adjacent to an activating group) is 1. The highest BCUT2D eigenvalue weighted by atomic mass is 16.4. The van der Waals surface area contributed by atoms with Gasteiger partial charge in [-0.15, -0.1) is 0 Å². The van der Waals surface area contributed by atoms with Crippen molar-refractivity contribution in [1.29, 1.82) is 0 Å². The SMILES string of the molecule is Cc1cccc(C)c1-c1ccc2c(c1)CCN(C)[C@H]2CNc1cnccc1C(=O)O. The molecule has 2 N–H and O–H groups in total. The third-order valence-electron chi connectivity index (χ3n) is 6.08. The fourth-order valence-electron chi connectivity index (χ4n) is 4.46. The van der Waals surface area contributed by atoms with Crippen molar-refractivity contribution in [2.24, 2.45) is 0 Å². The van der Waals surface area contributed by atoms with Crippen LogP contribution in [0, 0.1) is 13.8 Å². The molecule has 0 saturated carbocycles. The van der Waals surface area contributed by atoms with Crippen LogP contribution in [0.5, 0.6) is 0 Å². The number of rotatable bonds is 5. The largest absolute Gasteiger partial charge is 0.478 e. The Morgan fingerprint density at radius 3 is 2.70 bits per heavy atom. The topological polar surface area (TPSA) is 65.5 Å². The Morgan fingerprint density at radius 1 is 1.20 bits per heavy atom. The molecule has 1 atom stereocenters. The summed E-state index contributed by atoms with van der Waals surface area (Å²) >= 11 is 0. The molecule has 1 aromatic heterocycles. The van der Waals surface area contributed by atoms with E-state index in [4.69, 9.17) is 0 Å². The summed E-state index contributed by atoms with van der Waals surface area (Å²) in [6.07, 6.45) is 4.09. The monoisotopic (exact) mass is 401 g/mol. The molecule has 0 amide bonds. The van der Waals surface area contributed by atoms with Gasteiger partial charge in [-0.3, -0.25) is 9.88 Å². The van der Waals surface area contributed by atoms with Gasteiger partial charge in [0, 0.05) is 19.3 Å². The number of aryl methyl sites for hydroxylation is 2. The number of fused-ring (bicyclic) bond motifs is 1. The highest BCUT2D eigenvalue weighted by Crippen LogP contribution is 2.34. The van der Waals surface area contributed by atoms with Crippen molar-refractivity contribution < 1.29 is 9.90 Å². The number of carboxylic acid groups (broad SMARTS) is 1. The standard InChI is InChI=1S/C25H27N3O2/c1-16-5-4-6-17(2)24(16)19-7-8-20-18(13-19)10-12-28(3)23(20)15-27-22-14-26-11-9-21(22)25(29)30/h4-9,11,13-14,23,27H,10,12,15H2,1-3H3,(H,29,30)/t23-/m0/s1. The van der Waals surface area contributed by atoms with Crippen molar-refractivity contribution in [3.05, 3.63) is 82.7 Å². The van der Waals surface area contributed by atoms with E-state index in [1.165, 1.54) is 45.6 Å². The maximum Gasteiger partial charge on any atom is 0.337 e. The minimum atomic E-state index is -0.949. The number of benzene rings is 2. The van der Waals surface area contributed by atoms with Crippen molar-refractivity contribution >= 4 is 11.7 Å². The second kappa shape index (κ2) is 8.28. The van der Waals surface area contributed by atoms with Gasteiger partial charge in [0.2, 0.25) is 0 Å². The lowest BCUT2D eigenvalue weighted by Crippen LogP contribution is -2.36. The Morgan fingerprint density at radius 2 is 1.97 bits per heavy atom. The molecule has 0 unspecified atom stereocenters. The van der Waals surface area contributed by atoms with Gasteiger partial charge < -0.3 is 10.4 Å². The van der Waals surface area contributed by atoms with Gasteiger partial charge in [-0.2, -0.15) is 0 Å². The molecule has 2 heterocycles. The van der Waals surface area contributed by atoms with Crippen LogP contribution in [0.3, 0.4) is 0 Å². The number of nitrogens with one attached hydrogen (secondary N) is 1. The van der Waals surface area contributed by atoms with Crippen LogP contribution < -0.4 is 5.32 Å². The molecule has 5 heteroatoms. The molecule has 3 aromatic rings. The van der Waals surface area contributed by atoms with Gasteiger partial charge >= 0.3 is 5.97 Å². The highest BCUT2D eigenvalue weighted by Gasteiger charge is 2.25. The molecule has 0 fully saturated rings. The first-order chi connectivity index (χ1) is 14.5. The number of hydrogen-bond acceptors (Lipinski definition) is 4. The minimum absolute atomic E-state index is 0.169. The average molecular weight is 402 g/mol. The van der Waals surface area contributed by atoms with E-state index in [-0.39, 0.29) is 11.6 Å². The van der Waals surface area contributed by atoms with Crippen LogP contribution in [0.2, 0.25) is 0 Å². The molecule has 0 aliphatic carbocycles. The highest BCUT2D eigenvalue weighted by molar-refractivity contribution is 5.93. The molecule has 30 heavy (non-hydrogen) atoms. The number of hydrogen-bond donors (Lipinski definition) is 2. The predicted molar refractivity (Wildman–Crippen MR) is 120 cm³/mol. The van der Waals surface area contributed by atoms with Gasteiger partial charge in [0.1, 0.15) is 0 Å². The summed E-state index contributed by atoms with van der Waals surface area (Å²) in [6, 6.07) is 14.9. The Bertz CT molecular complexity index is 1070. The molecule has 4 rings (SSSR count). The smallest absolute Gasteiger partial charge is 0.337 e. The quantitative estimate of drug-likeness (QED) is 0.648. The van der Waals surface area contributed by atoms with Crippen LogP contribution in [0.1, 0.15) is 38.7 Å². The molecule has 1 aliphatic heterocycles. The van der Waals surface area contributed by atoms with Crippen LogP contribution in [-0.2, 0) is 6.42 Å².